The molecule has 4 N–H and O–H groups in total. The van der Waals surface area contributed by atoms with E-state index in [9.17, 15) is 14.7 Å². The van der Waals surface area contributed by atoms with Crippen molar-refractivity contribution in [1.29, 1.82) is 0 Å². The second kappa shape index (κ2) is 11.0. The van der Waals surface area contributed by atoms with E-state index in [1.165, 1.54) is 4.57 Å². The maximum Gasteiger partial charge on any atom is 0.282 e. The monoisotopic (exact) mass is 407 g/mol. The van der Waals surface area contributed by atoms with Crippen molar-refractivity contribution in [3.8, 4) is 0 Å². The zero-order valence-electron chi connectivity index (χ0n) is 16.8. The van der Waals surface area contributed by atoms with Gasteiger partial charge in [0.2, 0.25) is 0 Å². The maximum atomic E-state index is 13.0. The zero-order valence-corrected chi connectivity index (χ0v) is 16.8. The molecule has 0 bridgehead atoms. The van der Waals surface area contributed by atoms with Crippen LogP contribution in [0, 0.1) is 13.8 Å². The molecule has 1 aromatic heterocycles. The van der Waals surface area contributed by atoms with Crippen molar-refractivity contribution in [3.63, 3.8) is 0 Å². The number of nitrogens with one attached hydrogen (secondary N) is 1. The van der Waals surface area contributed by atoms with E-state index in [1.54, 1.807) is 0 Å². The van der Waals surface area contributed by atoms with Crippen molar-refractivity contribution < 1.29 is 24.9 Å². The van der Waals surface area contributed by atoms with Crippen LogP contribution in [0.5, 0.6) is 0 Å². The van der Waals surface area contributed by atoms with Crippen molar-refractivity contribution in [3.05, 3.63) is 39.3 Å². The summed E-state index contributed by atoms with van der Waals surface area (Å²) in [5.41, 5.74) is 2.33. The fourth-order valence-corrected chi connectivity index (χ4v) is 2.93. The summed E-state index contributed by atoms with van der Waals surface area (Å²) in [5.74, 6) is -0.604. The lowest BCUT2D eigenvalue weighted by Gasteiger charge is -2.15. The highest BCUT2D eigenvalue weighted by Crippen LogP contribution is 2.18. The second-order valence-electron chi connectivity index (χ2n) is 6.89. The Morgan fingerprint density at radius 1 is 1.17 bits per heavy atom. The number of hydrogen-bond donors (Lipinski definition) is 4. The summed E-state index contributed by atoms with van der Waals surface area (Å²) in [6.45, 7) is 4.36. The first-order valence-electron chi connectivity index (χ1n) is 9.66. The topological polar surface area (TPSA) is 134 Å². The number of carbonyl (C=O) groups excluding carboxylic acids is 1. The minimum Gasteiger partial charge on any atom is -0.396 e. The van der Waals surface area contributed by atoms with Gasteiger partial charge in [-0.2, -0.15) is 0 Å². The molecule has 0 aliphatic rings. The third kappa shape index (κ3) is 6.07. The molecule has 0 saturated heterocycles. The molecule has 0 fully saturated rings. The molecule has 1 heterocycles. The Hall–Kier alpha value is -2.33. The fraction of sp³-hybridized carbons (Fsp3) is 0.550. The van der Waals surface area contributed by atoms with Crippen LogP contribution in [0.15, 0.2) is 16.9 Å². The highest BCUT2D eigenvalue weighted by molar-refractivity contribution is 5.94. The number of carbonyl (C=O) groups is 1. The summed E-state index contributed by atoms with van der Waals surface area (Å²) in [6, 6.07) is 3.67. The van der Waals surface area contributed by atoms with Gasteiger partial charge < -0.3 is 29.9 Å². The van der Waals surface area contributed by atoms with Gasteiger partial charge in [-0.15, -0.1) is 0 Å². The number of aliphatic hydroxyl groups is 3. The number of hydrogen-bond acceptors (Lipinski definition) is 7. The number of rotatable bonds is 11. The van der Waals surface area contributed by atoms with Gasteiger partial charge in [0.25, 0.3) is 11.5 Å². The molecule has 1 amide bonds. The van der Waals surface area contributed by atoms with Gasteiger partial charge in [-0.05, 0) is 49.9 Å². The Morgan fingerprint density at radius 2 is 1.90 bits per heavy atom. The molecule has 0 aliphatic carbocycles. The van der Waals surface area contributed by atoms with Crippen LogP contribution < -0.4 is 10.9 Å². The molecule has 0 spiro atoms. The van der Waals surface area contributed by atoms with Crippen LogP contribution in [-0.2, 0) is 11.3 Å². The zero-order chi connectivity index (χ0) is 21.4. The van der Waals surface area contributed by atoms with E-state index in [1.807, 2.05) is 26.0 Å². The number of amides is 1. The Balaban J connectivity index is 2.35. The van der Waals surface area contributed by atoms with E-state index in [0.29, 0.717) is 11.0 Å². The molecule has 0 saturated carbocycles. The molecule has 2 rings (SSSR count). The molecule has 0 radical (unpaired) electrons. The molecule has 0 aliphatic heterocycles. The molecular weight excluding hydrogens is 378 g/mol. The summed E-state index contributed by atoms with van der Waals surface area (Å²) < 4.78 is 6.54. The molecular formula is C20H29N3O6. The lowest BCUT2D eigenvalue weighted by atomic mass is 10.1. The number of aromatic nitrogens is 2. The van der Waals surface area contributed by atoms with Gasteiger partial charge in [-0.3, -0.25) is 9.59 Å². The van der Waals surface area contributed by atoms with Crippen molar-refractivity contribution in [1.82, 2.24) is 14.9 Å². The van der Waals surface area contributed by atoms with E-state index in [-0.39, 0.29) is 58.1 Å². The van der Waals surface area contributed by atoms with E-state index in [4.69, 9.17) is 14.9 Å². The summed E-state index contributed by atoms with van der Waals surface area (Å²) in [6.07, 6.45) is -0.262. The number of nitrogens with zero attached hydrogens (tertiary/aromatic N) is 2. The van der Waals surface area contributed by atoms with Gasteiger partial charge in [0.15, 0.2) is 5.69 Å². The smallest absolute Gasteiger partial charge is 0.282 e. The van der Waals surface area contributed by atoms with Gasteiger partial charge in [0, 0.05) is 19.7 Å². The van der Waals surface area contributed by atoms with Crippen LogP contribution >= 0.6 is 0 Å². The van der Waals surface area contributed by atoms with Crippen molar-refractivity contribution in [2.24, 2.45) is 0 Å². The van der Waals surface area contributed by atoms with Gasteiger partial charge in [-0.1, -0.05) is 0 Å². The van der Waals surface area contributed by atoms with Gasteiger partial charge in [-0.25, -0.2) is 4.98 Å². The highest BCUT2D eigenvalue weighted by Gasteiger charge is 2.18. The third-order valence-corrected chi connectivity index (χ3v) is 4.69. The second-order valence-corrected chi connectivity index (χ2v) is 6.89. The Morgan fingerprint density at radius 3 is 2.59 bits per heavy atom. The molecule has 1 atom stereocenters. The van der Waals surface area contributed by atoms with Gasteiger partial charge >= 0.3 is 0 Å². The highest BCUT2D eigenvalue weighted by atomic mass is 16.5. The molecule has 2 aromatic rings. The maximum absolute atomic E-state index is 13.0. The summed E-state index contributed by atoms with van der Waals surface area (Å²) in [5, 5.41) is 30.2. The molecule has 160 valence electrons. The molecule has 1 unspecified atom stereocenters. The lowest BCUT2D eigenvalue weighted by Crippen LogP contribution is -2.36. The number of benzene rings is 1. The number of ether oxygens (including phenoxy) is 1. The number of fused-ring (bicyclic) bond motifs is 1. The van der Waals surface area contributed by atoms with E-state index >= 15 is 0 Å². The minimum absolute atomic E-state index is 0.105. The Labute approximate surface area is 169 Å². The van der Waals surface area contributed by atoms with Crippen LogP contribution in [-0.4, -0.2) is 69.9 Å². The first-order chi connectivity index (χ1) is 13.9. The van der Waals surface area contributed by atoms with Crippen LogP contribution in [0.2, 0.25) is 0 Å². The number of aliphatic hydroxyl groups excluding tert-OH is 3. The van der Waals surface area contributed by atoms with Crippen molar-refractivity contribution in [2.75, 3.05) is 33.0 Å². The predicted molar refractivity (Wildman–Crippen MR) is 108 cm³/mol. The standard InChI is InChI=1S/C20H29N3O6/c1-13-11-16-17(12-14(13)2)23(6-3-15(26)4-7-24)20(28)18(22-16)19(27)21-5-9-29-10-8-25/h11-12,15,24-26H,3-10H2,1-2H3,(H,21,27). The number of aryl methyl sites for hydroxylation is 3. The first kappa shape index (κ1) is 23.0. The summed E-state index contributed by atoms with van der Waals surface area (Å²) in [7, 11) is 0. The van der Waals surface area contributed by atoms with Crippen LogP contribution in [0.1, 0.15) is 34.5 Å². The predicted octanol–water partition coefficient (Wildman–Crippen LogP) is -0.115. The third-order valence-electron chi connectivity index (χ3n) is 4.69. The normalized spacial score (nSPS) is 12.3. The quantitative estimate of drug-likeness (QED) is 0.382. The van der Waals surface area contributed by atoms with E-state index < -0.39 is 17.6 Å². The van der Waals surface area contributed by atoms with Crippen LogP contribution in [0.3, 0.4) is 0 Å². The van der Waals surface area contributed by atoms with Gasteiger partial charge in [0.05, 0.1) is 37.0 Å². The largest absolute Gasteiger partial charge is 0.396 e. The first-order valence-corrected chi connectivity index (χ1v) is 9.66. The fourth-order valence-electron chi connectivity index (χ4n) is 2.93. The van der Waals surface area contributed by atoms with E-state index in [0.717, 1.165) is 11.1 Å². The average molecular weight is 407 g/mol. The van der Waals surface area contributed by atoms with Crippen molar-refractivity contribution >= 4 is 16.9 Å². The van der Waals surface area contributed by atoms with E-state index in [2.05, 4.69) is 10.3 Å². The molecule has 29 heavy (non-hydrogen) atoms. The summed E-state index contributed by atoms with van der Waals surface area (Å²) in [4.78, 5) is 29.8. The van der Waals surface area contributed by atoms with Crippen LogP contribution in [0.4, 0.5) is 0 Å². The molecule has 1 aromatic carbocycles. The van der Waals surface area contributed by atoms with Crippen molar-refractivity contribution in [2.45, 2.75) is 39.3 Å². The Bertz CT molecular complexity index is 896. The minimum atomic E-state index is -0.748. The lowest BCUT2D eigenvalue weighted by molar-refractivity contribution is 0.0834. The van der Waals surface area contributed by atoms with Gasteiger partial charge in [0.1, 0.15) is 0 Å². The average Bonchev–Trinajstić information content (AvgIpc) is 2.68. The molecule has 9 heteroatoms. The summed E-state index contributed by atoms with van der Waals surface area (Å²) >= 11 is 0. The Kier molecular flexibility index (Phi) is 8.71. The van der Waals surface area contributed by atoms with Crippen LogP contribution in [0.25, 0.3) is 11.0 Å². The SMILES string of the molecule is Cc1cc2nc(C(=O)NCCOCCO)c(=O)n(CCC(O)CCO)c2cc1C. The molecule has 9 nitrogen and oxygen atoms in total.